The van der Waals surface area contributed by atoms with Gasteiger partial charge in [0.2, 0.25) is 0 Å². The van der Waals surface area contributed by atoms with Gasteiger partial charge in [-0.25, -0.2) is 0 Å². The van der Waals surface area contributed by atoms with E-state index in [2.05, 4.69) is 4.74 Å². The van der Waals surface area contributed by atoms with Gasteiger partial charge in [0.25, 0.3) is 0 Å². The number of carbonyl (C=O) groups excluding carboxylic acids is 3. The van der Waals surface area contributed by atoms with E-state index in [1.807, 2.05) is 0 Å². The van der Waals surface area contributed by atoms with Gasteiger partial charge in [0.1, 0.15) is 6.10 Å². The van der Waals surface area contributed by atoms with Crippen molar-refractivity contribution in [2.45, 2.75) is 52.5 Å². The molecule has 0 N–H and O–H groups in total. The van der Waals surface area contributed by atoms with Gasteiger partial charge in [-0.3, -0.25) is 14.4 Å². The van der Waals surface area contributed by atoms with Crippen LogP contribution in [0.1, 0.15) is 50.5 Å². The number of rotatable bonds is 9. The van der Waals surface area contributed by atoms with E-state index < -0.39 is 18.8 Å². The van der Waals surface area contributed by atoms with Gasteiger partial charge in [-0.05, 0) is 25.7 Å². The Bertz CT molecular complexity index is 380. The highest BCUT2D eigenvalue weighted by atomic mass is 16.5. The number of ether oxygens (including phenoxy) is 3. The summed E-state index contributed by atoms with van der Waals surface area (Å²) in [6.45, 7) is 0.00986. The summed E-state index contributed by atoms with van der Waals surface area (Å²) in [4.78, 5) is 32.7. The molecule has 0 amide bonds. The summed E-state index contributed by atoms with van der Waals surface area (Å²) in [5.41, 5.74) is 0. The Kier molecular flexibility index (Phi) is 6.77. The molecule has 0 unspecified atom stereocenters. The fraction of sp³-hybridized carbons (Fsp3) is 0.769. The van der Waals surface area contributed by atoms with Crippen LogP contribution in [0.25, 0.3) is 0 Å². The normalized spacial score (nSPS) is 14.5. The van der Waals surface area contributed by atoms with E-state index in [-0.39, 0.29) is 25.3 Å². The SMILES string of the molecule is [2H]C([2H])([2H])C(=O)OCCC[C@@H](CCCOC(C)=O)OC(C)=O. The quantitative estimate of drug-likeness (QED) is 0.362. The maximum absolute atomic E-state index is 11.0. The molecule has 0 bridgehead atoms. The van der Waals surface area contributed by atoms with Crippen molar-refractivity contribution in [2.24, 2.45) is 0 Å². The van der Waals surface area contributed by atoms with E-state index in [1.165, 1.54) is 13.8 Å². The second kappa shape index (κ2) is 10.3. The minimum absolute atomic E-state index is 0.0566. The van der Waals surface area contributed by atoms with Crippen LogP contribution in [0.5, 0.6) is 0 Å². The monoisotopic (exact) mass is 277 g/mol. The molecule has 110 valence electrons. The lowest BCUT2D eigenvalue weighted by Gasteiger charge is -2.16. The van der Waals surface area contributed by atoms with Gasteiger partial charge in [0.15, 0.2) is 0 Å². The van der Waals surface area contributed by atoms with Gasteiger partial charge in [0, 0.05) is 24.8 Å². The Morgan fingerprint density at radius 3 is 1.89 bits per heavy atom. The first-order valence-electron chi connectivity index (χ1n) is 7.60. The number of hydrogen-bond donors (Lipinski definition) is 0. The highest BCUT2D eigenvalue weighted by molar-refractivity contribution is 5.66. The zero-order valence-electron chi connectivity index (χ0n) is 14.3. The summed E-state index contributed by atoms with van der Waals surface area (Å²) >= 11 is 0. The summed E-state index contributed by atoms with van der Waals surface area (Å²) in [5.74, 6) is -2.05. The van der Waals surface area contributed by atoms with Crippen molar-refractivity contribution in [3.05, 3.63) is 0 Å². The summed E-state index contributed by atoms with van der Waals surface area (Å²) in [7, 11) is 0. The first-order valence-corrected chi connectivity index (χ1v) is 6.10. The minimum atomic E-state index is -2.76. The molecule has 0 aliphatic heterocycles. The molecule has 0 aliphatic rings. The summed E-state index contributed by atoms with van der Waals surface area (Å²) in [6.07, 6.45) is 1.44. The van der Waals surface area contributed by atoms with E-state index in [9.17, 15) is 14.4 Å². The van der Waals surface area contributed by atoms with Crippen LogP contribution in [-0.4, -0.2) is 37.2 Å². The predicted molar refractivity (Wildman–Crippen MR) is 67.3 cm³/mol. The van der Waals surface area contributed by atoms with Crippen molar-refractivity contribution >= 4 is 17.9 Å². The molecule has 0 saturated carbocycles. The molecule has 0 saturated heterocycles. The molecule has 0 aromatic rings. The molecule has 6 nitrogen and oxygen atoms in total. The lowest BCUT2D eigenvalue weighted by atomic mass is 10.1. The molecule has 0 aromatic heterocycles. The van der Waals surface area contributed by atoms with E-state index >= 15 is 0 Å². The van der Waals surface area contributed by atoms with Crippen LogP contribution < -0.4 is 0 Å². The molecule has 6 heteroatoms. The highest BCUT2D eigenvalue weighted by Gasteiger charge is 2.12. The lowest BCUT2D eigenvalue weighted by molar-refractivity contribution is -0.149. The zero-order valence-corrected chi connectivity index (χ0v) is 11.3. The maximum Gasteiger partial charge on any atom is 0.302 e. The number of hydrogen-bond acceptors (Lipinski definition) is 6. The highest BCUT2D eigenvalue weighted by Crippen LogP contribution is 2.10. The Labute approximate surface area is 117 Å². The molecule has 0 radical (unpaired) electrons. The van der Waals surface area contributed by atoms with Gasteiger partial charge < -0.3 is 14.2 Å². The zero-order chi connectivity index (χ0) is 17.2. The van der Waals surface area contributed by atoms with Crippen LogP contribution >= 0.6 is 0 Å². The number of esters is 3. The minimum Gasteiger partial charge on any atom is -0.466 e. The van der Waals surface area contributed by atoms with Crippen LogP contribution in [-0.2, 0) is 28.6 Å². The average molecular weight is 277 g/mol. The van der Waals surface area contributed by atoms with Gasteiger partial charge in [-0.2, -0.15) is 0 Å². The Hall–Kier alpha value is -1.59. The van der Waals surface area contributed by atoms with Gasteiger partial charge >= 0.3 is 17.9 Å². The van der Waals surface area contributed by atoms with Crippen LogP contribution in [0.4, 0.5) is 0 Å². The Morgan fingerprint density at radius 1 is 0.947 bits per heavy atom. The fourth-order valence-electron chi connectivity index (χ4n) is 1.50. The summed E-state index contributed by atoms with van der Waals surface area (Å²) in [6, 6.07) is 0. The van der Waals surface area contributed by atoms with Crippen molar-refractivity contribution in [3.63, 3.8) is 0 Å². The van der Waals surface area contributed by atoms with Crippen LogP contribution in [0.3, 0.4) is 0 Å². The Balaban J connectivity index is 4.01. The van der Waals surface area contributed by atoms with E-state index in [0.717, 1.165) is 0 Å². The number of carbonyl (C=O) groups is 3. The van der Waals surface area contributed by atoms with E-state index in [1.54, 1.807) is 0 Å². The summed E-state index contributed by atoms with van der Waals surface area (Å²) in [5, 5.41) is 0. The molecular weight excluding hydrogens is 252 g/mol. The second-order valence-electron chi connectivity index (χ2n) is 3.99. The third-order valence-electron chi connectivity index (χ3n) is 2.21. The van der Waals surface area contributed by atoms with E-state index in [0.29, 0.717) is 25.7 Å². The first kappa shape index (κ1) is 12.4. The molecule has 1 atom stereocenters. The third kappa shape index (κ3) is 12.7. The van der Waals surface area contributed by atoms with Gasteiger partial charge in [-0.15, -0.1) is 0 Å². The molecule has 0 spiro atoms. The molecular formula is C13H22O6. The van der Waals surface area contributed by atoms with Crippen molar-refractivity contribution in [2.75, 3.05) is 13.2 Å². The molecule has 0 aliphatic carbocycles. The standard InChI is InChI=1S/C13H22O6/c1-10(14)17-8-4-6-13(19-12(3)16)7-5-9-18-11(2)15/h13H,4-9H2,1-3H3/i1D3/t13-/m0/s1. The largest absolute Gasteiger partial charge is 0.466 e. The van der Waals surface area contributed by atoms with Gasteiger partial charge in [0.05, 0.1) is 13.2 Å². The second-order valence-corrected chi connectivity index (χ2v) is 3.99. The van der Waals surface area contributed by atoms with Gasteiger partial charge in [-0.1, -0.05) is 0 Å². The van der Waals surface area contributed by atoms with Crippen molar-refractivity contribution in [1.82, 2.24) is 0 Å². The van der Waals surface area contributed by atoms with E-state index in [4.69, 9.17) is 13.6 Å². The fourth-order valence-corrected chi connectivity index (χ4v) is 1.50. The van der Waals surface area contributed by atoms with Crippen molar-refractivity contribution in [3.8, 4) is 0 Å². The predicted octanol–water partition coefficient (Wildman–Crippen LogP) is 1.60. The lowest BCUT2D eigenvalue weighted by Crippen LogP contribution is -2.18. The van der Waals surface area contributed by atoms with Crippen LogP contribution in [0, 0.1) is 0 Å². The summed E-state index contributed by atoms with van der Waals surface area (Å²) < 4.78 is 35.0. The van der Waals surface area contributed by atoms with Crippen molar-refractivity contribution in [1.29, 1.82) is 0 Å². The molecule has 0 fully saturated rings. The molecule has 19 heavy (non-hydrogen) atoms. The van der Waals surface area contributed by atoms with Crippen molar-refractivity contribution < 1.29 is 32.7 Å². The molecule has 0 rings (SSSR count). The first-order chi connectivity index (χ1) is 10.1. The average Bonchev–Trinajstić information content (AvgIpc) is 2.36. The maximum atomic E-state index is 11.0. The van der Waals surface area contributed by atoms with Crippen LogP contribution in [0.2, 0.25) is 0 Å². The Morgan fingerprint density at radius 2 is 1.47 bits per heavy atom. The molecule has 0 aromatic carbocycles. The third-order valence-corrected chi connectivity index (χ3v) is 2.21. The molecule has 0 heterocycles. The topological polar surface area (TPSA) is 78.9 Å². The van der Waals surface area contributed by atoms with Crippen LogP contribution in [0.15, 0.2) is 0 Å². The smallest absolute Gasteiger partial charge is 0.302 e.